The van der Waals surface area contributed by atoms with Gasteiger partial charge in [0.1, 0.15) is 0 Å². The molecule has 0 spiro atoms. The third-order valence-corrected chi connectivity index (χ3v) is 5.27. The number of aryl methyl sites for hydroxylation is 1. The second-order valence-electron chi connectivity index (χ2n) is 4.54. The molecule has 0 amide bonds. The fourth-order valence-corrected chi connectivity index (χ4v) is 3.70. The van der Waals surface area contributed by atoms with Gasteiger partial charge in [-0.15, -0.1) is 0 Å². The van der Waals surface area contributed by atoms with E-state index in [0.29, 0.717) is 24.7 Å². The number of hydrogen-bond acceptors (Lipinski definition) is 3. The number of nitrogens with zero attached hydrogens (tertiary/aromatic N) is 1. The van der Waals surface area contributed by atoms with Crippen LogP contribution in [0.3, 0.4) is 0 Å². The van der Waals surface area contributed by atoms with E-state index in [0.717, 1.165) is 12.0 Å². The van der Waals surface area contributed by atoms with Crippen molar-refractivity contribution in [2.45, 2.75) is 31.2 Å². The number of ether oxygens (including phenoxy) is 1. The van der Waals surface area contributed by atoms with E-state index in [4.69, 9.17) is 4.74 Å². The Balaban J connectivity index is 2.28. The molecular formula is C13H19NO3S. The van der Waals surface area contributed by atoms with E-state index >= 15 is 0 Å². The van der Waals surface area contributed by atoms with Crippen LogP contribution in [0.2, 0.25) is 0 Å². The quantitative estimate of drug-likeness (QED) is 0.838. The summed E-state index contributed by atoms with van der Waals surface area (Å²) in [5, 5.41) is 0. The maximum absolute atomic E-state index is 12.5. The fraction of sp³-hybridized carbons (Fsp3) is 0.538. The van der Waals surface area contributed by atoms with Crippen LogP contribution in [-0.2, 0) is 21.2 Å². The van der Waals surface area contributed by atoms with E-state index in [1.807, 2.05) is 26.0 Å². The molecule has 100 valence electrons. The zero-order chi connectivity index (χ0) is 13.2. The van der Waals surface area contributed by atoms with Crippen molar-refractivity contribution < 1.29 is 13.2 Å². The summed E-state index contributed by atoms with van der Waals surface area (Å²) < 4.78 is 31.7. The number of hydrogen-bond donors (Lipinski definition) is 0. The predicted octanol–water partition coefficient (Wildman–Crippen LogP) is 1.66. The number of rotatable bonds is 3. The molecule has 1 aromatic rings. The van der Waals surface area contributed by atoms with E-state index in [9.17, 15) is 8.42 Å². The van der Waals surface area contributed by atoms with Gasteiger partial charge in [0.2, 0.25) is 10.0 Å². The zero-order valence-electron chi connectivity index (χ0n) is 10.8. The molecule has 0 bridgehead atoms. The van der Waals surface area contributed by atoms with Gasteiger partial charge in [0.25, 0.3) is 0 Å². The molecule has 1 atom stereocenters. The molecule has 0 radical (unpaired) electrons. The lowest BCUT2D eigenvalue weighted by Gasteiger charge is -2.32. The minimum atomic E-state index is -3.38. The first-order valence-electron chi connectivity index (χ1n) is 6.24. The third-order valence-electron chi connectivity index (χ3n) is 3.24. The van der Waals surface area contributed by atoms with E-state index in [1.54, 1.807) is 12.1 Å². The van der Waals surface area contributed by atoms with Crippen molar-refractivity contribution in [3.05, 3.63) is 29.8 Å². The molecule has 0 saturated carbocycles. The summed E-state index contributed by atoms with van der Waals surface area (Å²) in [6.45, 7) is 5.28. The number of benzene rings is 1. The molecule has 1 fully saturated rings. The first kappa shape index (κ1) is 13.5. The summed E-state index contributed by atoms with van der Waals surface area (Å²) in [6, 6.07) is 7.03. The maximum atomic E-state index is 12.5. The Morgan fingerprint density at radius 2 is 2.00 bits per heavy atom. The highest BCUT2D eigenvalue weighted by atomic mass is 32.2. The first-order chi connectivity index (χ1) is 8.55. The van der Waals surface area contributed by atoms with Crippen molar-refractivity contribution in [1.29, 1.82) is 0 Å². The fourth-order valence-electron chi connectivity index (χ4n) is 2.10. The Kier molecular flexibility index (Phi) is 4.04. The van der Waals surface area contributed by atoms with Crippen LogP contribution in [0.25, 0.3) is 0 Å². The van der Waals surface area contributed by atoms with Gasteiger partial charge in [-0.05, 0) is 31.0 Å². The summed E-state index contributed by atoms with van der Waals surface area (Å²) in [4.78, 5) is 0.369. The van der Waals surface area contributed by atoms with Crippen LogP contribution in [0.4, 0.5) is 0 Å². The molecule has 5 heteroatoms. The van der Waals surface area contributed by atoms with E-state index in [2.05, 4.69) is 0 Å². The van der Waals surface area contributed by atoms with Crippen molar-refractivity contribution in [2.24, 2.45) is 0 Å². The molecule has 0 aromatic heterocycles. The van der Waals surface area contributed by atoms with Crippen LogP contribution >= 0.6 is 0 Å². The average molecular weight is 269 g/mol. The first-order valence-corrected chi connectivity index (χ1v) is 7.68. The molecule has 0 aliphatic carbocycles. The Labute approximate surface area is 109 Å². The molecule has 2 rings (SSSR count). The molecule has 0 N–H and O–H groups in total. The second-order valence-corrected chi connectivity index (χ2v) is 6.43. The molecule has 4 nitrogen and oxygen atoms in total. The van der Waals surface area contributed by atoms with Crippen molar-refractivity contribution in [1.82, 2.24) is 4.31 Å². The highest BCUT2D eigenvalue weighted by Crippen LogP contribution is 2.20. The largest absolute Gasteiger partial charge is 0.378 e. The Morgan fingerprint density at radius 1 is 1.33 bits per heavy atom. The average Bonchev–Trinajstić information content (AvgIpc) is 2.39. The maximum Gasteiger partial charge on any atom is 0.243 e. The summed E-state index contributed by atoms with van der Waals surface area (Å²) in [5.74, 6) is 0. The van der Waals surface area contributed by atoms with Gasteiger partial charge in [0.15, 0.2) is 0 Å². The van der Waals surface area contributed by atoms with Gasteiger partial charge in [-0.2, -0.15) is 4.31 Å². The lowest BCUT2D eigenvalue weighted by Crippen LogP contribution is -2.46. The van der Waals surface area contributed by atoms with Gasteiger partial charge < -0.3 is 4.74 Å². The van der Waals surface area contributed by atoms with Crippen LogP contribution < -0.4 is 0 Å². The van der Waals surface area contributed by atoms with Crippen LogP contribution in [0.15, 0.2) is 29.2 Å². The zero-order valence-corrected chi connectivity index (χ0v) is 11.6. The Hall–Kier alpha value is -0.910. The predicted molar refractivity (Wildman–Crippen MR) is 70.0 cm³/mol. The van der Waals surface area contributed by atoms with Crippen molar-refractivity contribution in [3.63, 3.8) is 0 Å². The Bertz CT molecular complexity index is 495. The molecule has 1 aromatic carbocycles. The standard InChI is InChI=1S/C13H19NO3S/c1-3-12-4-6-13(7-5-12)18(15,16)14-8-9-17-10-11(14)2/h4-7,11H,3,8-10H2,1-2H3. The van der Waals surface area contributed by atoms with Gasteiger partial charge in [-0.3, -0.25) is 0 Å². The Morgan fingerprint density at radius 3 is 2.56 bits per heavy atom. The molecular weight excluding hydrogens is 250 g/mol. The van der Waals surface area contributed by atoms with E-state index in [1.165, 1.54) is 4.31 Å². The highest BCUT2D eigenvalue weighted by molar-refractivity contribution is 7.89. The lowest BCUT2D eigenvalue weighted by molar-refractivity contribution is 0.0393. The molecule has 1 aliphatic heterocycles. The van der Waals surface area contributed by atoms with E-state index in [-0.39, 0.29) is 6.04 Å². The van der Waals surface area contributed by atoms with Gasteiger partial charge in [-0.25, -0.2) is 8.42 Å². The molecule has 1 heterocycles. The second kappa shape index (κ2) is 5.38. The highest BCUT2D eigenvalue weighted by Gasteiger charge is 2.31. The van der Waals surface area contributed by atoms with Gasteiger partial charge in [0, 0.05) is 12.6 Å². The summed E-state index contributed by atoms with van der Waals surface area (Å²) in [7, 11) is -3.38. The van der Waals surface area contributed by atoms with Crippen molar-refractivity contribution in [2.75, 3.05) is 19.8 Å². The van der Waals surface area contributed by atoms with Crippen molar-refractivity contribution >= 4 is 10.0 Å². The van der Waals surface area contributed by atoms with Crippen LogP contribution in [0.5, 0.6) is 0 Å². The number of morpholine rings is 1. The lowest BCUT2D eigenvalue weighted by atomic mass is 10.2. The summed E-state index contributed by atoms with van der Waals surface area (Å²) in [5.41, 5.74) is 1.14. The minimum absolute atomic E-state index is 0.102. The van der Waals surface area contributed by atoms with Gasteiger partial charge in [-0.1, -0.05) is 19.1 Å². The van der Waals surface area contributed by atoms with Crippen molar-refractivity contribution in [3.8, 4) is 0 Å². The SMILES string of the molecule is CCc1ccc(S(=O)(=O)N2CCOCC2C)cc1. The van der Waals surface area contributed by atoms with Gasteiger partial charge in [0.05, 0.1) is 18.1 Å². The molecule has 18 heavy (non-hydrogen) atoms. The topological polar surface area (TPSA) is 46.6 Å². The third kappa shape index (κ3) is 2.58. The van der Waals surface area contributed by atoms with Crippen LogP contribution in [-0.4, -0.2) is 38.5 Å². The van der Waals surface area contributed by atoms with E-state index < -0.39 is 10.0 Å². The smallest absolute Gasteiger partial charge is 0.243 e. The number of sulfonamides is 1. The van der Waals surface area contributed by atoms with Crippen LogP contribution in [0.1, 0.15) is 19.4 Å². The minimum Gasteiger partial charge on any atom is -0.378 e. The normalized spacial score (nSPS) is 22.0. The summed E-state index contributed by atoms with van der Waals surface area (Å²) >= 11 is 0. The van der Waals surface area contributed by atoms with Gasteiger partial charge >= 0.3 is 0 Å². The molecule has 1 saturated heterocycles. The monoisotopic (exact) mass is 269 g/mol. The van der Waals surface area contributed by atoms with Crippen LogP contribution in [0, 0.1) is 0 Å². The molecule has 1 aliphatic rings. The molecule has 1 unspecified atom stereocenters. The summed E-state index contributed by atoms with van der Waals surface area (Å²) in [6.07, 6.45) is 0.911.